The largest absolute Gasteiger partial charge is 0.481 e. The van der Waals surface area contributed by atoms with E-state index in [4.69, 9.17) is 14.9 Å². The van der Waals surface area contributed by atoms with Crippen LogP contribution in [-0.2, 0) is 14.4 Å². The molecule has 0 aromatic heterocycles. The first kappa shape index (κ1) is 13.9. The van der Waals surface area contributed by atoms with E-state index in [1.54, 1.807) is 18.2 Å². The molecule has 0 saturated carbocycles. The number of aliphatic carboxylic acids is 2. The van der Waals surface area contributed by atoms with Gasteiger partial charge in [-0.3, -0.25) is 19.3 Å². The van der Waals surface area contributed by atoms with Crippen LogP contribution in [-0.4, -0.2) is 40.7 Å². The van der Waals surface area contributed by atoms with Crippen molar-refractivity contribution in [2.75, 3.05) is 11.4 Å². The molecule has 1 atom stereocenters. The maximum atomic E-state index is 12.1. The molecule has 106 valence electrons. The van der Waals surface area contributed by atoms with Crippen molar-refractivity contribution in [1.82, 2.24) is 0 Å². The fraction of sp³-hybridized carbons (Fsp3) is 0.308. The van der Waals surface area contributed by atoms with Crippen LogP contribution in [0.15, 0.2) is 18.2 Å². The number of rotatable bonds is 4. The molecular formula is C13H13NO6. The van der Waals surface area contributed by atoms with Gasteiger partial charge in [-0.1, -0.05) is 6.07 Å². The van der Waals surface area contributed by atoms with Crippen LogP contribution in [0.25, 0.3) is 0 Å². The molecule has 1 aliphatic heterocycles. The zero-order chi connectivity index (χ0) is 14.9. The van der Waals surface area contributed by atoms with Crippen LogP contribution in [0.1, 0.15) is 12.0 Å². The molecule has 1 aromatic rings. The number of aryl methyl sites for hydroxylation is 1. The van der Waals surface area contributed by atoms with Crippen molar-refractivity contribution in [3.05, 3.63) is 23.8 Å². The summed E-state index contributed by atoms with van der Waals surface area (Å²) in [7, 11) is 0. The van der Waals surface area contributed by atoms with Gasteiger partial charge in [-0.25, -0.2) is 0 Å². The van der Waals surface area contributed by atoms with Crippen LogP contribution in [0.2, 0.25) is 0 Å². The van der Waals surface area contributed by atoms with Gasteiger partial charge >= 0.3 is 11.9 Å². The maximum Gasteiger partial charge on any atom is 0.323 e. The molecule has 0 saturated heterocycles. The van der Waals surface area contributed by atoms with Crippen LogP contribution in [0.3, 0.4) is 0 Å². The Hall–Kier alpha value is -2.57. The minimum atomic E-state index is -1.21. The maximum absolute atomic E-state index is 12.1. The van der Waals surface area contributed by atoms with E-state index >= 15 is 0 Å². The number of carboxylic acid groups (broad SMARTS) is 2. The molecule has 7 heteroatoms. The predicted octanol–water partition coefficient (Wildman–Crippen LogP) is 0.648. The smallest absolute Gasteiger partial charge is 0.323 e. The Bertz CT molecular complexity index is 582. The number of carboxylic acids is 2. The third kappa shape index (κ3) is 2.71. The molecule has 1 heterocycles. The third-order valence-corrected chi connectivity index (χ3v) is 2.87. The number of ether oxygens (including phenoxy) is 1. The molecule has 7 nitrogen and oxygen atoms in total. The highest BCUT2D eigenvalue weighted by Gasteiger charge is 2.36. The molecule has 1 amide bonds. The lowest BCUT2D eigenvalue weighted by Crippen LogP contribution is -2.48. The van der Waals surface area contributed by atoms with E-state index in [2.05, 4.69) is 0 Å². The van der Waals surface area contributed by atoms with E-state index in [0.717, 1.165) is 10.5 Å². The van der Waals surface area contributed by atoms with E-state index in [0.29, 0.717) is 11.4 Å². The average molecular weight is 279 g/mol. The Balaban J connectivity index is 2.41. The fourth-order valence-electron chi connectivity index (χ4n) is 2.02. The number of carbonyl (C=O) groups is 3. The number of fused-ring (bicyclic) bond motifs is 1. The van der Waals surface area contributed by atoms with E-state index in [9.17, 15) is 14.4 Å². The van der Waals surface area contributed by atoms with Crippen molar-refractivity contribution in [3.8, 4) is 5.75 Å². The quantitative estimate of drug-likeness (QED) is 0.838. The van der Waals surface area contributed by atoms with Crippen molar-refractivity contribution in [2.24, 2.45) is 0 Å². The zero-order valence-corrected chi connectivity index (χ0v) is 10.7. The second-order valence-electron chi connectivity index (χ2n) is 4.49. The van der Waals surface area contributed by atoms with Crippen LogP contribution in [0, 0.1) is 6.92 Å². The van der Waals surface area contributed by atoms with Crippen LogP contribution >= 0.6 is 0 Å². The Morgan fingerprint density at radius 2 is 2.00 bits per heavy atom. The number of benzene rings is 1. The number of nitrogens with zero attached hydrogens (tertiary/aromatic N) is 1. The number of amides is 1. The zero-order valence-electron chi connectivity index (χ0n) is 10.7. The van der Waals surface area contributed by atoms with Crippen molar-refractivity contribution in [1.29, 1.82) is 0 Å². The Labute approximate surface area is 114 Å². The first-order valence-corrected chi connectivity index (χ1v) is 5.90. The van der Waals surface area contributed by atoms with Gasteiger partial charge in [0.2, 0.25) is 0 Å². The van der Waals surface area contributed by atoms with Crippen molar-refractivity contribution in [3.63, 3.8) is 0 Å². The Morgan fingerprint density at radius 1 is 1.30 bits per heavy atom. The van der Waals surface area contributed by atoms with Crippen molar-refractivity contribution < 1.29 is 29.3 Å². The summed E-state index contributed by atoms with van der Waals surface area (Å²) in [5, 5.41) is 17.7. The van der Waals surface area contributed by atoms with E-state index in [-0.39, 0.29) is 0 Å². The van der Waals surface area contributed by atoms with Gasteiger partial charge in [0, 0.05) is 0 Å². The minimum absolute atomic E-state index is 0.317. The summed E-state index contributed by atoms with van der Waals surface area (Å²) in [4.78, 5) is 34.8. The standard InChI is InChI=1S/C13H13NO6/c1-7-2-3-8-9(4-7)20-10(5-11(15)16)13(19)14(8)6-12(17)18/h2-4,10H,5-6H2,1H3,(H,15,16)(H,17,18). The highest BCUT2D eigenvalue weighted by Crippen LogP contribution is 2.35. The molecule has 1 aromatic carbocycles. The summed E-state index contributed by atoms with van der Waals surface area (Å²) >= 11 is 0. The minimum Gasteiger partial charge on any atom is -0.481 e. The summed E-state index contributed by atoms with van der Waals surface area (Å²) < 4.78 is 5.38. The van der Waals surface area contributed by atoms with E-state index in [1.165, 1.54) is 0 Å². The summed E-state index contributed by atoms with van der Waals surface area (Å²) in [6.45, 7) is 1.28. The normalized spacial score (nSPS) is 17.4. The fourth-order valence-corrected chi connectivity index (χ4v) is 2.02. The average Bonchev–Trinajstić information content (AvgIpc) is 2.33. The molecule has 0 radical (unpaired) electrons. The molecule has 0 spiro atoms. The molecule has 1 unspecified atom stereocenters. The summed E-state index contributed by atoms with van der Waals surface area (Å²) in [5.74, 6) is -2.71. The summed E-state index contributed by atoms with van der Waals surface area (Å²) in [5.41, 5.74) is 1.20. The van der Waals surface area contributed by atoms with Gasteiger partial charge in [0.05, 0.1) is 12.1 Å². The van der Waals surface area contributed by atoms with Crippen LogP contribution in [0.4, 0.5) is 5.69 Å². The monoisotopic (exact) mass is 279 g/mol. The number of hydrogen-bond donors (Lipinski definition) is 2. The number of hydrogen-bond acceptors (Lipinski definition) is 4. The number of anilines is 1. The van der Waals surface area contributed by atoms with Gasteiger partial charge in [-0.15, -0.1) is 0 Å². The molecule has 0 aliphatic carbocycles. The highest BCUT2D eigenvalue weighted by atomic mass is 16.5. The van der Waals surface area contributed by atoms with E-state index < -0.39 is 36.9 Å². The molecule has 2 N–H and O–H groups in total. The Kier molecular flexibility index (Phi) is 3.60. The molecule has 1 aliphatic rings. The van der Waals surface area contributed by atoms with Crippen molar-refractivity contribution >= 4 is 23.5 Å². The summed E-state index contributed by atoms with van der Waals surface area (Å²) in [6, 6.07) is 4.95. The second kappa shape index (κ2) is 5.20. The highest BCUT2D eigenvalue weighted by molar-refractivity contribution is 6.04. The first-order valence-electron chi connectivity index (χ1n) is 5.90. The predicted molar refractivity (Wildman–Crippen MR) is 67.8 cm³/mol. The lowest BCUT2D eigenvalue weighted by molar-refractivity contribution is -0.143. The van der Waals surface area contributed by atoms with Gasteiger partial charge < -0.3 is 14.9 Å². The summed E-state index contributed by atoms with van der Waals surface area (Å²) in [6.07, 6.45) is -1.72. The second-order valence-corrected chi connectivity index (χ2v) is 4.49. The third-order valence-electron chi connectivity index (χ3n) is 2.87. The lowest BCUT2D eigenvalue weighted by atomic mass is 10.1. The molecule has 0 bridgehead atoms. The van der Waals surface area contributed by atoms with Crippen LogP contribution in [0.5, 0.6) is 5.75 Å². The van der Waals surface area contributed by atoms with Gasteiger partial charge in [0.1, 0.15) is 12.3 Å². The Morgan fingerprint density at radius 3 is 2.60 bits per heavy atom. The van der Waals surface area contributed by atoms with E-state index in [1.807, 2.05) is 6.92 Å². The van der Waals surface area contributed by atoms with Gasteiger partial charge in [0.25, 0.3) is 5.91 Å². The molecule has 0 fully saturated rings. The molecule has 20 heavy (non-hydrogen) atoms. The SMILES string of the molecule is Cc1ccc2c(c1)OC(CC(=O)O)C(=O)N2CC(=O)O. The van der Waals surface area contributed by atoms with Crippen LogP contribution < -0.4 is 9.64 Å². The van der Waals surface area contributed by atoms with Gasteiger partial charge in [-0.2, -0.15) is 0 Å². The van der Waals surface area contributed by atoms with Gasteiger partial charge in [0.15, 0.2) is 6.10 Å². The van der Waals surface area contributed by atoms with Gasteiger partial charge in [-0.05, 0) is 24.6 Å². The molecular weight excluding hydrogens is 266 g/mol. The lowest BCUT2D eigenvalue weighted by Gasteiger charge is -2.33. The first-order chi connectivity index (χ1) is 9.38. The number of carbonyl (C=O) groups excluding carboxylic acids is 1. The molecule has 2 rings (SSSR count). The topological polar surface area (TPSA) is 104 Å². The van der Waals surface area contributed by atoms with Crippen molar-refractivity contribution in [2.45, 2.75) is 19.4 Å².